The summed E-state index contributed by atoms with van der Waals surface area (Å²) < 4.78 is 5.30. The van der Waals surface area contributed by atoms with E-state index in [1.165, 1.54) is 0 Å². The molecule has 0 aliphatic carbocycles. The zero-order valence-corrected chi connectivity index (χ0v) is 9.48. The predicted octanol–water partition coefficient (Wildman–Crippen LogP) is 1.70. The van der Waals surface area contributed by atoms with Crippen LogP contribution in [0.3, 0.4) is 0 Å². The van der Waals surface area contributed by atoms with E-state index < -0.39 is 0 Å². The number of aromatic hydroxyl groups is 1. The van der Waals surface area contributed by atoms with Gasteiger partial charge in [-0.3, -0.25) is 0 Å². The fourth-order valence-corrected chi connectivity index (χ4v) is 2.03. The van der Waals surface area contributed by atoms with Crippen LogP contribution in [0.2, 0.25) is 0 Å². The highest BCUT2D eigenvalue weighted by Gasteiger charge is 2.12. The maximum atomic E-state index is 9.60. The highest BCUT2D eigenvalue weighted by Crippen LogP contribution is 2.15. The van der Waals surface area contributed by atoms with E-state index in [0.717, 1.165) is 44.6 Å². The molecule has 1 fully saturated rings. The summed E-state index contributed by atoms with van der Waals surface area (Å²) >= 11 is 0. The standard InChI is InChI=1S/C13H19NO2/c15-13-4-2-1-3-11(13)5-8-14-12-6-9-16-10-7-12/h1-4,12,14-15H,5-10H2. The number of rotatable bonds is 4. The molecule has 1 heterocycles. The molecular weight excluding hydrogens is 202 g/mol. The van der Waals surface area contributed by atoms with Crippen molar-refractivity contribution in [3.05, 3.63) is 29.8 Å². The first-order valence-electron chi connectivity index (χ1n) is 5.94. The van der Waals surface area contributed by atoms with Gasteiger partial charge >= 0.3 is 0 Å². The minimum Gasteiger partial charge on any atom is -0.508 e. The van der Waals surface area contributed by atoms with Crippen molar-refractivity contribution in [1.82, 2.24) is 5.32 Å². The summed E-state index contributed by atoms with van der Waals surface area (Å²) in [5.41, 5.74) is 1.02. The number of para-hydroxylation sites is 1. The highest BCUT2D eigenvalue weighted by molar-refractivity contribution is 5.31. The number of phenolic OH excluding ortho intramolecular Hbond substituents is 1. The fraction of sp³-hybridized carbons (Fsp3) is 0.538. The summed E-state index contributed by atoms with van der Waals surface area (Å²) in [4.78, 5) is 0. The van der Waals surface area contributed by atoms with Crippen LogP contribution >= 0.6 is 0 Å². The summed E-state index contributed by atoms with van der Waals surface area (Å²) in [5, 5.41) is 13.1. The van der Waals surface area contributed by atoms with E-state index in [2.05, 4.69) is 5.32 Å². The van der Waals surface area contributed by atoms with E-state index in [1.54, 1.807) is 6.07 Å². The lowest BCUT2D eigenvalue weighted by Crippen LogP contribution is -2.35. The minimum atomic E-state index is 0.399. The summed E-state index contributed by atoms with van der Waals surface area (Å²) in [5.74, 6) is 0.399. The van der Waals surface area contributed by atoms with Crippen molar-refractivity contribution in [2.24, 2.45) is 0 Å². The number of ether oxygens (including phenoxy) is 1. The third-order valence-corrected chi connectivity index (χ3v) is 3.04. The predicted molar refractivity (Wildman–Crippen MR) is 63.7 cm³/mol. The second-order valence-corrected chi connectivity index (χ2v) is 4.22. The van der Waals surface area contributed by atoms with Gasteiger partial charge in [-0.2, -0.15) is 0 Å². The van der Waals surface area contributed by atoms with E-state index in [1.807, 2.05) is 18.2 Å². The van der Waals surface area contributed by atoms with Crippen LogP contribution in [-0.4, -0.2) is 30.9 Å². The second-order valence-electron chi connectivity index (χ2n) is 4.22. The number of hydrogen-bond acceptors (Lipinski definition) is 3. The van der Waals surface area contributed by atoms with Gasteiger partial charge in [0.05, 0.1) is 0 Å². The van der Waals surface area contributed by atoms with Crippen LogP contribution in [0, 0.1) is 0 Å². The SMILES string of the molecule is Oc1ccccc1CCNC1CCOCC1. The minimum absolute atomic E-state index is 0.399. The molecule has 3 heteroatoms. The second kappa shape index (κ2) is 5.87. The lowest BCUT2D eigenvalue weighted by atomic mass is 10.1. The number of nitrogens with one attached hydrogen (secondary N) is 1. The van der Waals surface area contributed by atoms with Crippen LogP contribution in [0.4, 0.5) is 0 Å². The molecule has 0 unspecified atom stereocenters. The molecule has 0 saturated carbocycles. The molecule has 2 rings (SSSR count). The Hall–Kier alpha value is -1.06. The van der Waals surface area contributed by atoms with Crippen molar-refractivity contribution in [3.63, 3.8) is 0 Å². The Labute approximate surface area is 96.4 Å². The smallest absolute Gasteiger partial charge is 0.118 e. The maximum Gasteiger partial charge on any atom is 0.118 e. The third kappa shape index (κ3) is 3.22. The first-order valence-corrected chi connectivity index (χ1v) is 5.94. The Kier molecular flexibility index (Phi) is 4.19. The molecule has 88 valence electrons. The molecule has 0 spiro atoms. The van der Waals surface area contributed by atoms with Crippen LogP contribution in [0.15, 0.2) is 24.3 Å². The topological polar surface area (TPSA) is 41.5 Å². The first-order chi connectivity index (χ1) is 7.86. The summed E-state index contributed by atoms with van der Waals surface area (Å²) in [6, 6.07) is 8.11. The first kappa shape index (κ1) is 11.4. The Balaban J connectivity index is 1.73. The van der Waals surface area contributed by atoms with E-state index in [9.17, 15) is 5.11 Å². The number of hydrogen-bond donors (Lipinski definition) is 2. The van der Waals surface area contributed by atoms with Crippen LogP contribution in [0.1, 0.15) is 18.4 Å². The molecule has 0 bridgehead atoms. The van der Waals surface area contributed by atoms with Crippen molar-refractivity contribution in [3.8, 4) is 5.75 Å². The largest absolute Gasteiger partial charge is 0.508 e. The van der Waals surface area contributed by atoms with Gasteiger partial charge in [0.2, 0.25) is 0 Å². The normalized spacial score (nSPS) is 17.5. The Morgan fingerprint density at radius 3 is 2.75 bits per heavy atom. The van der Waals surface area contributed by atoms with Gasteiger partial charge in [0.25, 0.3) is 0 Å². The quantitative estimate of drug-likeness (QED) is 0.813. The van der Waals surface area contributed by atoms with Crippen molar-refractivity contribution in [2.45, 2.75) is 25.3 Å². The van der Waals surface area contributed by atoms with Crippen LogP contribution in [0.5, 0.6) is 5.75 Å². The Morgan fingerprint density at radius 2 is 2.00 bits per heavy atom. The van der Waals surface area contributed by atoms with Gasteiger partial charge < -0.3 is 15.2 Å². The van der Waals surface area contributed by atoms with Crippen LogP contribution < -0.4 is 5.32 Å². The van der Waals surface area contributed by atoms with Gasteiger partial charge in [-0.1, -0.05) is 18.2 Å². The molecular formula is C13H19NO2. The van der Waals surface area contributed by atoms with E-state index in [0.29, 0.717) is 11.8 Å². The van der Waals surface area contributed by atoms with Gasteiger partial charge in [0.1, 0.15) is 5.75 Å². The molecule has 16 heavy (non-hydrogen) atoms. The molecule has 3 nitrogen and oxygen atoms in total. The molecule has 0 aromatic heterocycles. The average Bonchev–Trinajstić information content (AvgIpc) is 2.33. The third-order valence-electron chi connectivity index (χ3n) is 3.04. The van der Waals surface area contributed by atoms with Crippen molar-refractivity contribution in [1.29, 1.82) is 0 Å². The molecule has 1 saturated heterocycles. The zero-order valence-electron chi connectivity index (χ0n) is 9.48. The molecule has 2 N–H and O–H groups in total. The van der Waals surface area contributed by atoms with E-state index in [-0.39, 0.29) is 0 Å². The molecule has 1 aliphatic heterocycles. The lowest BCUT2D eigenvalue weighted by Gasteiger charge is -2.23. The zero-order chi connectivity index (χ0) is 11.2. The van der Waals surface area contributed by atoms with Crippen LogP contribution in [0.25, 0.3) is 0 Å². The summed E-state index contributed by atoms with van der Waals surface area (Å²) in [6.45, 7) is 2.66. The maximum absolute atomic E-state index is 9.60. The van der Waals surface area contributed by atoms with Crippen molar-refractivity contribution >= 4 is 0 Å². The molecule has 0 atom stereocenters. The van der Waals surface area contributed by atoms with E-state index in [4.69, 9.17) is 4.74 Å². The lowest BCUT2D eigenvalue weighted by molar-refractivity contribution is 0.0782. The van der Waals surface area contributed by atoms with Gasteiger partial charge in [0.15, 0.2) is 0 Å². The Morgan fingerprint density at radius 1 is 1.25 bits per heavy atom. The fourth-order valence-electron chi connectivity index (χ4n) is 2.03. The number of phenols is 1. The van der Waals surface area contributed by atoms with Gasteiger partial charge in [0, 0.05) is 19.3 Å². The molecule has 1 aromatic rings. The molecule has 1 aromatic carbocycles. The molecule has 0 amide bonds. The number of benzene rings is 1. The van der Waals surface area contributed by atoms with Crippen molar-refractivity contribution < 1.29 is 9.84 Å². The van der Waals surface area contributed by atoms with Gasteiger partial charge in [-0.25, -0.2) is 0 Å². The summed E-state index contributed by atoms with van der Waals surface area (Å²) in [6.07, 6.45) is 3.07. The average molecular weight is 221 g/mol. The van der Waals surface area contributed by atoms with E-state index >= 15 is 0 Å². The van der Waals surface area contributed by atoms with Crippen molar-refractivity contribution in [2.75, 3.05) is 19.8 Å². The monoisotopic (exact) mass is 221 g/mol. The van der Waals surface area contributed by atoms with Crippen LogP contribution in [-0.2, 0) is 11.2 Å². The molecule has 0 radical (unpaired) electrons. The molecule has 1 aliphatic rings. The highest BCUT2D eigenvalue weighted by atomic mass is 16.5. The Bertz CT molecular complexity index is 321. The van der Waals surface area contributed by atoms with Gasteiger partial charge in [-0.15, -0.1) is 0 Å². The summed E-state index contributed by atoms with van der Waals surface area (Å²) in [7, 11) is 0. The van der Waals surface area contributed by atoms with Gasteiger partial charge in [-0.05, 0) is 37.4 Å².